The van der Waals surface area contributed by atoms with Gasteiger partial charge >= 0.3 is 0 Å². The monoisotopic (exact) mass is 273 g/mol. The molecule has 0 radical (unpaired) electrons. The summed E-state index contributed by atoms with van der Waals surface area (Å²) < 4.78 is 5.46. The van der Waals surface area contributed by atoms with E-state index in [9.17, 15) is 4.79 Å². The Morgan fingerprint density at radius 3 is 3.00 bits per heavy atom. The van der Waals surface area contributed by atoms with Crippen molar-refractivity contribution in [2.45, 2.75) is 38.5 Å². The Labute approximate surface area is 120 Å². The molecule has 0 unspecified atom stereocenters. The molecular formula is C17H23NO2. The fraction of sp³-hybridized carbons (Fsp3) is 0.588. The van der Waals surface area contributed by atoms with Crippen molar-refractivity contribution in [3.63, 3.8) is 0 Å². The molecule has 1 aliphatic carbocycles. The summed E-state index contributed by atoms with van der Waals surface area (Å²) in [6, 6.07) is 6.15. The molecule has 108 valence electrons. The van der Waals surface area contributed by atoms with Gasteiger partial charge < -0.3 is 10.1 Å². The highest BCUT2D eigenvalue weighted by Crippen LogP contribution is 2.22. The topological polar surface area (TPSA) is 38.3 Å². The van der Waals surface area contributed by atoms with Gasteiger partial charge in [-0.3, -0.25) is 4.79 Å². The minimum absolute atomic E-state index is 0.0661. The zero-order valence-corrected chi connectivity index (χ0v) is 12.0. The highest BCUT2D eigenvalue weighted by Gasteiger charge is 2.16. The number of amides is 1. The molecule has 1 aromatic carbocycles. The number of hydrogen-bond acceptors (Lipinski definition) is 2. The van der Waals surface area contributed by atoms with Crippen LogP contribution in [0.4, 0.5) is 0 Å². The van der Waals surface area contributed by atoms with Crippen molar-refractivity contribution in [1.82, 2.24) is 5.32 Å². The zero-order valence-electron chi connectivity index (χ0n) is 12.0. The van der Waals surface area contributed by atoms with Crippen molar-refractivity contribution < 1.29 is 9.53 Å². The van der Waals surface area contributed by atoms with E-state index in [0.717, 1.165) is 44.6 Å². The van der Waals surface area contributed by atoms with Crippen molar-refractivity contribution in [1.29, 1.82) is 0 Å². The van der Waals surface area contributed by atoms with Gasteiger partial charge in [0.15, 0.2) is 0 Å². The van der Waals surface area contributed by atoms with Crippen molar-refractivity contribution in [3.05, 3.63) is 34.9 Å². The first-order valence-electron chi connectivity index (χ1n) is 7.80. The number of carbonyl (C=O) groups excluding carboxylic acids is 1. The van der Waals surface area contributed by atoms with Gasteiger partial charge in [-0.2, -0.15) is 0 Å². The quantitative estimate of drug-likeness (QED) is 0.916. The van der Waals surface area contributed by atoms with Crippen LogP contribution in [0.1, 0.15) is 47.2 Å². The second-order valence-corrected chi connectivity index (χ2v) is 5.96. The summed E-state index contributed by atoms with van der Waals surface area (Å²) in [6.45, 7) is 2.51. The number of carbonyl (C=O) groups is 1. The molecule has 20 heavy (non-hydrogen) atoms. The minimum atomic E-state index is 0.0661. The highest BCUT2D eigenvalue weighted by molar-refractivity contribution is 5.94. The van der Waals surface area contributed by atoms with Crippen LogP contribution in [0.5, 0.6) is 0 Å². The molecule has 1 aromatic rings. The smallest absolute Gasteiger partial charge is 0.251 e. The summed E-state index contributed by atoms with van der Waals surface area (Å²) in [5.41, 5.74) is 3.59. The molecule has 3 nitrogen and oxygen atoms in total. The van der Waals surface area contributed by atoms with Gasteiger partial charge in [-0.05, 0) is 67.7 Å². The van der Waals surface area contributed by atoms with E-state index in [4.69, 9.17) is 4.74 Å². The lowest BCUT2D eigenvalue weighted by atomic mass is 9.98. The van der Waals surface area contributed by atoms with Crippen LogP contribution in [0.3, 0.4) is 0 Å². The number of fused-ring (bicyclic) bond motifs is 1. The SMILES string of the molecule is O=C(NCC[C@@H]1CCCOC1)c1ccc2c(c1)CCC2. The average Bonchev–Trinajstić information content (AvgIpc) is 2.95. The van der Waals surface area contributed by atoms with Gasteiger partial charge in [-0.1, -0.05) is 6.07 Å². The molecular weight excluding hydrogens is 250 g/mol. The Morgan fingerprint density at radius 1 is 1.25 bits per heavy atom. The van der Waals surface area contributed by atoms with Crippen molar-refractivity contribution >= 4 is 5.91 Å². The van der Waals surface area contributed by atoms with E-state index in [1.54, 1.807) is 0 Å². The van der Waals surface area contributed by atoms with Gasteiger partial charge in [0.2, 0.25) is 0 Å². The largest absolute Gasteiger partial charge is 0.381 e. The van der Waals surface area contributed by atoms with E-state index in [2.05, 4.69) is 17.4 Å². The molecule has 0 spiro atoms. The van der Waals surface area contributed by atoms with Gasteiger partial charge in [-0.25, -0.2) is 0 Å². The van der Waals surface area contributed by atoms with Crippen molar-refractivity contribution in [3.8, 4) is 0 Å². The van der Waals surface area contributed by atoms with E-state index < -0.39 is 0 Å². The summed E-state index contributed by atoms with van der Waals surface area (Å²) in [4.78, 5) is 12.1. The maximum atomic E-state index is 12.1. The molecule has 1 saturated heterocycles. The summed E-state index contributed by atoms with van der Waals surface area (Å²) in [6.07, 6.45) is 6.92. The van der Waals surface area contributed by atoms with Crippen LogP contribution in [-0.4, -0.2) is 25.7 Å². The van der Waals surface area contributed by atoms with Crippen LogP contribution in [-0.2, 0) is 17.6 Å². The Morgan fingerprint density at radius 2 is 2.15 bits per heavy atom. The summed E-state index contributed by atoms with van der Waals surface area (Å²) in [5.74, 6) is 0.681. The average molecular weight is 273 g/mol. The Bertz CT molecular complexity index is 478. The fourth-order valence-electron chi connectivity index (χ4n) is 3.24. The van der Waals surface area contributed by atoms with Gasteiger partial charge in [0.1, 0.15) is 0 Å². The minimum Gasteiger partial charge on any atom is -0.381 e. The third-order valence-electron chi connectivity index (χ3n) is 4.45. The highest BCUT2D eigenvalue weighted by atomic mass is 16.5. The maximum absolute atomic E-state index is 12.1. The third-order valence-corrected chi connectivity index (χ3v) is 4.45. The molecule has 1 amide bonds. The van der Waals surface area contributed by atoms with E-state index in [0.29, 0.717) is 5.92 Å². The fourth-order valence-corrected chi connectivity index (χ4v) is 3.24. The van der Waals surface area contributed by atoms with Gasteiger partial charge in [0.05, 0.1) is 0 Å². The van der Waals surface area contributed by atoms with Gasteiger partial charge in [0, 0.05) is 25.3 Å². The lowest BCUT2D eigenvalue weighted by molar-refractivity contribution is 0.0514. The Balaban J connectivity index is 1.49. The first-order valence-corrected chi connectivity index (χ1v) is 7.80. The molecule has 0 aromatic heterocycles. The first-order chi connectivity index (χ1) is 9.83. The summed E-state index contributed by atoms with van der Waals surface area (Å²) >= 11 is 0. The lowest BCUT2D eigenvalue weighted by Crippen LogP contribution is -2.28. The van der Waals surface area contributed by atoms with Crippen LogP contribution < -0.4 is 5.32 Å². The second-order valence-electron chi connectivity index (χ2n) is 5.96. The van der Waals surface area contributed by atoms with Crippen LogP contribution in [0.15, 0.2) is 18.2 Å². The normalized spacial score (nSPS) is 21.5. The number of hydrogen-bond donors (Lipinski definition) is 1. The van der Waals surface area contributed by atoms with Crippen LogP contribution in [0, 0.1) is 5.92 Å². The number of nitrogens with one attached hydrogen (secondary N) is 1. The molecule has 1 N–H and O–H groups in total. The molecule has 1 heterocycles. The predicted octanol–water partition coefficient (Wildman–Crippen LogP) is 2.72. The molecule has 3 heteroatoms. The molecule has 3 rings (SSSR count). The summed E-state index contributed by atoms with van der Waals surface area (Å²) in [7, 11) is 0. The number of ether oxygens (including phenoxy) is 1. The van der Waals surface area contributed by atoms with Gasteiger partial charge in [0.25, 0.3) is 5.91 Å². The standard InChI is InChI=1S/C17H23NO2/c19-17(18-9-8-13-3-2-10-20-12-13)16-7-6-14-4-1-5-15(14)11-16/h6-7,11,13H,1-5,8-10,12H2,(H,18,19)/t13-/m0/s1. The summed E-state index contributed by atoms with van der Waals surface area (Å²) in [5, 5.41) is 3.04. The predicted molar refractivity (Wildman–Crippen MR) is 79.0 cm³/mol. The zero-order chi connectivity index (χ0) is 13.8. The number of rotatable bonds is 4. The van der Waals surface area contributed by atoms with E-state index in [-0.39, 0.29) is 5.91 Å². The first kappa shape index (κ1) is 13.6. The van der Waals surface area contributed by atoms with Gasteiger partial charge in [-0.15, -0.1) is 0 Å². The van der Waals surface area contributed by atoms with Crippen LogP contribution in [0.2, 0.25) is 0 Å². The molecule has 0 bridgehead atoms. The number of benzene rings is 1. The van der Waals surface area contributed by atoms with Crippen LogP contribution in [0.25, 0.3) is 0 Å². The van der Waals surface area contributed by atoms with Crippen molar-refractivity contribution in [2.75, 3.05) is 19.8 Å². The molecule has 1 aliphatic heterocycles. The molecule has 0 saturated carbocycles. The van der Waals surface area contributed by atoms with Crippen molar-refractivity contribution in [2.24, 2.45) is 5.92 Å². The molecule has 2 aliphatic rings. The molecule has 1 atom stereocenters. The Hall–Kier alpha value is -1.35. The van der Waals surface area contributed by atoms with E-state index in [1.807, 2.05) is 6.07 Å². The molecule has 1 fully saturated rings. The van der Waals surface area contributed by atoms with Crippen LogP contribution >= 0.6 is 0 Å². The van der Waals surface area contributed by atoms with E-state index >= 15 is 0 Å². The number of aryl methyl sites for hydroxylation is 2. The third kappa shape index (κ3) is 3.21. The van der Waals surface area contributed by atoms with E-state index in [1.165, 1.54) is 30.4 Å². The Kier molecular flexibility index (Phi) is 4.36. The maximum Gasteiger partial charge on any atom is 0.251 e. The lowest BCUT2D eigenvalue weighted by Gasteiger charge is -2.21. The second kappa shape index (κ2) is 6.40.